The lowest BCUT2D eigenvalue weighted by molar-refractivity contribution is -0.141. The Bertz CT molecular complexity index is 381. The fourth-order valence-corrected chi connectivity index (χ4v) is 4.06. The zero-order valence-electron chi connectivity index (χ0n) is 11.8. The third-order valence-corrected chi connectivity index (χ3v) is 5.17. The van der Waals surface area contributed by atoms with Gasteiger partial charge >= 0.3 is 5.97 Å². The van der Waals surface area contributed by atoms with Gasteiger partial charge in [-0.25, -0.2) is 0 Å². The monoisotopic (exact) mass is 281 g/mol. The first-order valence-corrected chi connectivity index (χ1v) is 7.78. The number of hydrogen-bond donors (Lipinski definition) is 1. The Morgan fingerprint density at radius 2 is 1.75 bits per heavy atom. The maximum Gasteiger partial charge on any atom is 0.305 e. The molecule has 0 spiro atoms. The predicted octanol–water partition coefficient (Wildman–Crippen LogP) is 1.51. The average molecular weight is 281 g/mol. The van der Waals surface area contributed by atoms with Crippen LogP contribution in [0.25, 0.3) is 0 Å². The Kier molecular flexibility index (Phi) is 3.96. The summed E-state index contributed by atoms with van der Waals surface area (Å²) in [6, 6.07) is 0.178. The van der Waals surface area contributed by atoms with Gasteiger partial charge in [0.15, 0.2) is 0 Å². The van der Waals surface area contributed by atoms with E-state index in [0.717, 1.165) is 12.8 Å². The Balaban J connectivity index is 1.64. The molecule has 3 rings (SSSR count). The molecule has 112 valence electrons. The van der Waals surface area contributed by atoms with E-state index >= 15 is 0 Å². The number of nitrogens with zero attached hydrogens (tertiary/aromatic N) is 1. The Labute approximate surface area is 119 Å². The molecule has 2 unspecified atom stereocenters. The van der Waals surface area contributed by atoms with Crippen LogP contribution in [-0.4, -0.2) is 47.7 Å². The molecule has 1 aliphatic heterocycles. The number of aliphatic carboxylic acids is 1. The quantitative estimate of drug-likeness (QED) is 0.829. The number of hydrogen-bond acceptors (Lipinski definition) is 3. The van der Waals surface area contributed by atoms with E-state index in [4.69, 9.17) is 9.84 Å². The Hall–Kier alpha value is -1.10. The minimum Gasteiger partial charge on any atom is -0.481 e. The summed E-state index contributed by atoms with van der Waals surface area (Å²) in [4.78, 5) is 25.4. The van der Waals surface area contributed by atoms with Crippen LogP contribution >= 0.6 is 0 Å². The number of rotatable bonds is 5. The zero-order chi connectivity index (χ0) is 14.1. The molecule has 0 aromatic rings. The first-order valence-electron chi connectivity index (χ1n) is 7.78. The maximum atomic E-state index is 12.7. The summed E-state index contributed by atoms with van der Waals surface area (Å²) >= 11 is 0. The summed E-state index contributed by atoms with van der Waals surface area (Å²) in [6.45, 7) is 1.72. The van der Waals surface area contributed by atoms with E-state index in [1.54, 1.807) is 0 Å². The lowest BCUT2D eigenvalue weighted by Crippen LogP contribution is -2.45. The lowest BCUT2D eigenvalue weighted by Gasteiger charge is -2.34. The van der Waals surface area contributed by atoms with E-state index in [9.17, 15) is 9.59 Å². The zero-order valence-corrected chi connectivity index (χ0v) is 11.8. The van der Waals surface area contributed by atoms with Gasteiger partial charge in [0, 0.05) is 31.7 Å². The standard InChI is InChI=1S/C15H23NO4/c17-13(18)4-7-16(10-5-8-20-9-6-10)15(19)14-11-2-1-3-12(11)14/h10-12,14H,1-9H2,(H,17,18). The molecule has 5 heteroatoms. The second-order valence-corrected chi connectivity index (χ2v) is 6.30. The highest BCUT2D eigenvalue weighted by Crippen LogP contribution is 2.58. The first kappa shape index (κ1) is 13.9. The van der Waals surface area contributed by atoms with Crippen molar-refractivity contribution < 1.29 is 19.4 Å². The largest absolute Gasteiger partial charge is 0.481 e. The highest BCUT2D eigenvalue weighted by molar-refractivity contribution is 5.83. The van der Waals surface area contributed by atoms with Crippen molar-refractivity contribution in [3.8, 4) is 0 Å². The van der Waals surface area contributed by atoms with Gasteiger partial charge in [0.1, 0.15) is 0 Å². The first-order chi connectivity index (χ1) is 9.68. The highest BCUT2D eigenvalue weighted by atomic mass is 16.5. The van der Waals surface area contributed by atoms with Crippen molar-refractivity contribution in [3.05, 3.63) is 0 Å². The van der Waals surface area contributed by atoms with E-state index in [-0.39, 0.29) is 24.3 Å². The summed E-state index contributed by atoms with van der Waals surface area (Å²) in [7, 11) is 0. The van der Waals surface area contributed by atoms with Gasteiger partial charge in [-0.05, 0) is 37.5 Å². The number of fused-ring (bicyclic) bond motifs is 1. The fourth-order valence-electron chi connectivity index (χ4n) is 4.06. The topological polar surface area (TPSA) is 66.8 Å². The lowest BCUT2D eigenvalue weighted by atomic mass is 10.0. The molecule has 3 fully saturated rings. The molecule has 2 aliphatic carbocycles. The third-order valence-electron chi connectivity index (χ3n) is 5.17. The van der Waals surface area contributed by atoms with E-state index in [1.807, 2.05) is 4.90 Å². The summed E-state index contributed by atoms with van der Waals surface area (Å²) < 4.78 is 5.35. The van der Waals surface area contributed by atoms with Crippen molar-refractivity contribution in [2.45, 2.75) is 44.6 Å². The van der Waals surface area contributed by atoms with Gasteiger partial charge in [0.05, 0.1) is 6.42 Å². The van der Waals surface area contributed by atoms with Gasteiger partial charge < -0.3 is 14.7 Å². The third kappa shape index (κ3) is 2.68. The predicted molar refractivity (Wildman–Crippen MR) is 72.1 cm³/mol. The molecule has 0 aromatic heterocycles. The maximum absolute atomic E-state index is 12.7. The molecule has 1 heterocycles. The Morgan fingerprint density at radius 1 is 1.10 bits per heavy atom. The SMILES string of the molecule is O=C(O)CCN(C(=O)C1C2CCCC21)C1CCOCC1. The van der Waals surface area contributed by atoms with Crippen molar-refractivity contribution in [1.82, 2.24) is 4.90 Å². The molecule has 0 aromatic carbocycles. The summed E-state index contributed by atoms with van der Waals surface area (Å²) in [5, 5.41) is 8.90. The van der Waals surface area contributed by atoms with Gasteiger partial charge in [0.25, 0.3) is 0 Å². The van der Waals surface area contributed by atoms with E-state index in [1.165, 1.54) is 19.3 Å². The number of carbonyl (C=O) groups is 2. The molecular weight excluding hydrogens is 258 g/mol. The van der Waals surface area contributed by atoms with Crippen LogP contribution in [0.4, 0.5) is 0 Å². The second kappa shape index (κ2) is 5.72. The van der Waals surface area contributed by atoms with E-state index in [0.29, 0.717) is 31.6 Å². The average Bonchev–Trinajstić information content (AvgIpc) is 2.92. The van der Waals surface area contributed by atoms with E-state index < -0.39 is 5.97 Å². The Morgan fingerprint density at radius 3 is 2.35 bits per heavy atom. The molecule has 5 nitrogen and oxygen atoms in total. The molecule has 2 saturated carbocycles. The molecule has 2 atom stereocenters. The molecular formula is C15H23NO4. The number of carboxylic acid groups (broad SMARTS) is 1. The summed E-state index contributed by atoms with van der Waals surface area (Å²) in [6.07, 6.45) is 5.35. The van der Waals surface area contributed by atoms with E-state index in [2.05, 4.69) is 0 Å². The van der Waals surface area contributed by atoms with Crippen LogP contribution in [0.5, 0.6) is 0 Å². The van der Waals surface area contributed by atoms with Crippen molar-refractivity contribution in [3.63, 3.8) is 0 Å². The van der Waals surface area contributed by atoms with Crippen LogP contribution in [0, 0.1) is 17.8 Å². The van der Waals surface area contributed by atoms with Crippen LogP contribution < -0.4 is 0 Å². The van der Waals surface area contributed by atoms with Gasteiger partial charge in [0.2, 0.25) is 5.91 Å². The highest BCUT2D eigenvalue weighted by Gasteiger charge is 2.57. The van der Waals surface area contributed by atoms with Crippen molar-refractivity contribution in [1.29, 1.82) is 0 Å². The van der Waals surface area contributed by atoms with Crippen LogP contribution in [0.3, 0.4) is 0 Å². The van der Waals surface area contributed by atoms with Crippen LogP contribution in [0.2, 0.25) is 0 Å². The van der Waals surface area contributed by atoms with Gasteiger partial charge in [-0.15, -0.1) is 0 Å². The van der Waals surface area contributed by atoms with Crippen LogP contribution in [0.1, 0.15) is 38.5 Å². The second-order valence-electron chi connectivity index (χ2n) is 6.30. The number of carboxylic acids is 1. The molecule has 1 amide bonds. The summed E-state index contributed by atoms with van der Waals surface area (Å²) in [5.74, 6) is 0.767. The number of carbonyl (C=O) groups excluding carboxylic acids is 1. The van der Waals surface area contributed by atoms with Gasteiger partial charge in [-0.3, -0.25) is 9.59 Å². The number of ether oxygens (including phenoxy) is 1. The van der Waals surface area contributed by atoms with Crippen molar-refractivity contribution >= 4 is 11.9 Å². The molecule has 20 heavy (non-hydrogen) atoms. The normalized spacial score (nSPS) is 32.7. The smallest absolute Gasteiger partial charge is 0.305 e. The molecule has 1 N–H and O–H groups in total. The van der Waals surface area contributed by atoms with Crippen LogP contribution in [-0.2, 0) is 14.3 Å². The van der Waals surface area contributed by atoms with Gasteiger partial charge in [-0.1, -0.05) is 6.42 Å². The molecule has 1 saturated heterocycles. The summed E-state index contributed by atoms with van der Waals surface area (Å²) in [5.41, 5.74) is 0. The minimum atomic E-state index is -0.828. The molecule has 0 bridgehead atoms. The van der Waals surface area contributed by atoms with Crippen molar-refractivity contribution in [2.24, 2.45) is 17.8 Å². The van der Waals surface area contributed by atoms with Gasteiger partial charge in [-0.2, -0.15) is 0 Å². The molecule has 3 aliphatic rings. The fraction of sp³-hybridized carbons (Fsp3) is 0.867. The number of amides is 1. The van der Waals surface area contributed by atoms with Crippen molar-refractivity contribution in [2.75, 3.05) is 19.8 Å². The molecule has 0 radical (unpaired) electrons. The minimum absolute atomic E-state index is 0.0468. The van der Waals surface area contributed by atoms with Crippen LogP contribution in [0.15, 0.2) is 0 Å².